The van der Waals surface area contributed by atoms with Crippen LogP contribution in [0.5, 0.6) is 0 Å². The Hall–Kier alpha value is -1.76. The zero-order chi connectivity index (χ0) is 18.1. The quantitative estimate of drug-likeness (QED) is 0.418. The minimum Gasteiger partial charge on any atom is -0.296 e. The molecule has 0 spiro atoms. The summed E-state index contributed by atoms with van der Waals surface area (Å²) in [5.41, 5.74) is -1.81. The molecule has 0 bridgehead atoms. The molecule has 0 aliphatic rings. The highest BCUT2D eigenvalue weighted by Crippen LogP contribution is 2.39. The zero-order valence-corrected chi connectivity index (χ0v) is 13.7. The molecule has 0 aliphatic heterocycles. The molecule has 1 aromatic carbocycles. The fraction of sp³-hybridized carbons (Fsp3) is 0.154. The number of nitriles is 1. The Morgan fingerprint density at radius 2 is 1.92 bits per heavy atom. The standard InChI is InChI=1S/C13H5Cl2F4N3OS/c14-7-1-6(13(17,18)19)2-8(15)11(7)22-10(4-23)12(24-5-16)9(3-20)21-22/h1-2,4H,5H2. The second-order valence-corrected chi connectivity index (χ2v) is 5.97. The van der Waals surface area contributed by atoms with Gasteiger partial charge in [-0.15, -0.1) is 0 Å². The lowest BCUT2D eigenvalue weighted by atomic mass is 10.2. The number of carbonyl (C=O) groups is 1. The lowest BCUT2D eigenvalue weighted by molar-refractivity contribution is -0.137. The SMILES string of the molecule is N#Cc1nn(-c2c(Cl)cc(C(F)(F)F)cc2Cl)c(C=O)c1SCF. The van der Waals surface area contributed by atoms with E-state index in [-0.39, 0.29) is 28.3 Å². The Bertz CT molecular complexity index is 822. The van der Waals surface area contributed by atoms with Crippen molar-refractivity contribution in [2.24, 2.45) is 0 Å². The van der Waals surface area contributed by atoms with Crippen LogP contribution in [-0.4, -0.2) is 22.1 Å². The van der Waals surface area contributed by atoms with Crippen molar-refractivity contribution >= 4 is 41.2 Å². The van der Waals surface area contributed by atoms with Crippen molar-refractivity contribution in [1.82, 2.24) is 9.78 Å². The van der Waals surface area contributed by atoms with Gasteiger partial charge in [0.2, 0.25) is 0 Å². The average molecular weight is 398 g/mol. The van der Waals surface area contributed by atoms with E-state index in [0.29, 0.717) is 23.9 Å². The summed E-state index contributed by atoms with van der Waals surface area (Å²) in [6.45, 7) is 0. The van der Waals surface area contributed by atoms with Crippen molar-refractivity contribution < 1.29 is 22.4 Å². The lowest BCUT2D eigenvalue weighted by Gasteiger charge is -2.13. The van der Waals surface area contributed by atoms with E-state index in [1.54, 1.807) is 6.07 Å². The molecule has 0 fully saturated rings. The third kappa shape index (κ3) is 3.36. The number of rotatable bonds is 4. The molecule has 0 saturated carbocycles. The third-order valence-electron chi connectivity index (χ3n) is 2.85. The molecule has 0 saturated heterocycles. The second kappa shape index (κ2) is 7.01. The highest BCUT2D eigenvalue weighted by atomic mass is 35.5. The molecule has 1 heterocycles. The molecule has 24 heavy (non-hydrogen) atoms. The monoisotopic (exact) mass is 397 g/mol. The molecule has 0 unspecified atom stereocenters. The Balaban J connectivity index is 2.74. The largest absolute Gasteiger partial charge is 0.416 e. The lowest BCUT2D eigenvalue weighted by Crippen LogP contribution is -2.08. The van der Waals surface area contributed by atoms with E-state index in [1.165, 1.54) is 0 Å². The first kappa shape index (κ1) is 18.6. The zero-order valence-electron chi connectivity index (χ0n) is 11.4. The summed E-state index contributed by atoms with van der Waals surface area (Å²) < 4.78 is 51.7. The normalized spacial score (nSPS) is 11.4. The van der Waals surface area contributed by atoms with Crippen LogP contribution in [0, 0.1) is 11.3 Å². The molecule has 2 aromatic rings. The van der Waals surface area contributed by atoms with Crippen LogP contribution in [0.2, 0.25) is 10.0 Å². The summed E-state index contributed by atoms with van der Waals surface area (Å²) in [4.78, 5) is 11.2. The summed E-state index contributed by atoms with van der Waals surface area (Å²) >= 11 is 12.3. The molecule has 0 atom stereocenters. The highest BCUT2D eigenvalue weighted by Gasteiger charge is 2.33. The van der Waals surface area contributed by atoms with E-state index in [4.69, 9.17) is 28.5 Å². The number of aldehydes is 1. The van der Waals surface area contributed by atoms with Gasteiger partial charge in [-0.25, -0.2) is 9.07 Å². The van der Waals surface area contributed by atoms with E-state index in [1.807, 2.05) is 0 Å². The topological polar surface area (TPSA) is 58.7 Å². The van der Waals surface area contributed by atoms with Crippen LogP contribution >= 0.6 is 35.0 Å². The van der Waals surface area contributed by atoms with Crippen LogP contribution in [-0.2, 0) is 6.18 Å². The molecular weight excluding hydrogens is 393 g/mol. The van der Waals surface area contributed by atoms with Gasteiger partial charge < -0.3 is 0 Å². The maximum Gasteiger partial charge on any atom is 0.416 e. The Labute approximate surface area is 147 Å². The molecule has 0 aliphatic carbocycles. The predicted octanol–water partition coefficient (Wildman–Crippen LogP) is 4.90. The number of benzene rings is 1. The molecule has 1 aromatic heterocycles. The highest BCUT2D eigenvalue weighted by molar-refractivity contribution is 7.99. The second-order valence-electron chi connectivity index (χ2n) is 4.24. The van der Waals surface area contributed by atoms with E-state index in [0.717, 1.165) is 4.68 Å². The number of nitrogens with zero attached hydrogens (tertiary/aromatic N) is 3. The number of aromatic nitrogens is 2. The Kier molecular flexibility index (Phi) is 5.42. The van der Waals surface area contributed by atoms with Gasteiger partial charge in [-0.2, -0.15) is 23.5 Å². The first-order chi connectivity index (χ1) is 11.2. The van der Waals surface area contributed by atoms with Gasteiger partial charge in [0.1, 0.15) is 23.5 Å². The molecule has 0 radical (unpaired) electrons. The van der Waals surface area contributed by atoms with Crippen molar-refractivity contribution in [3.8, 4) is 11.8 Å². The summed E-state index contributed by atoms with van der Waals surface area (Å²) in [6, 6.07) is 1.98. The third-order valence-corrected chi connectivity index (χ3v) is 4.22. The maximum absolute atomic E-state index is 12.8. The van der Waals surface area contributed by atoms with Crippen molar-refractivity contribution in [2.45, 2.75) is 11.1 Å². The summed E-state index contributed by atoms with van der Waals surface area (Å²) in [5.74, 6) is 0. The number of alkyl halides is 4. The van der Waals surface area contributed by atoms with Crippen LogP contribution in [0.4, 0.5) is 17.6 Å². The number of carbonyl (C=O) groups excluding carboxylic acids is 1. The average Bonchev–Trinajstić information content (AvgIpc) is 2.83. The molecule has 11 heteroatoms. The number of thioether (sulfide) groups is 1. The van der Waals surface area contributed by atoms with Crippen LogP contribution in [0.1, 0.15) is 21.7 Å². The van der Waals surface area contributed by atoms with Crippen LogP contribution in [0.3, 0.4) is 0 Å². The molecule has 0 N–H and O–H groups in total. The number of halogens is 6. The maximum atomic E-state index is 12.8. The van der Waals surface area contributed by atoms with Crippen LogP contribution in [0.25, 0.3) is 5.69 Å². The van der Waals surface area contributed by atoms with Gasteiger partial charge in [0.05, 0.1) is 20.5 Å². The van der Waals surface area contributed by atoms with Crippen LogP contribution in [0.15, 0.2) is 17.0 Å². The van der Waals surface area contributed by atoms with Gasteiger partial charge >= 0.3 is 6.18 Å². The van der Waals surface area contributed by atoms with Crippen molar-refractivity contribution in [3.05, 3.63) is 39.1 Å². The van der Waals surface area contributed by atoms with E-state index in [9.17, 15) is 22.4 Å². The molecular formula is C13H5Cl2F4N3OS. The van der Waals surface area contributed by atoms with Crippen LogP contribution < -0.4 is 0 Å². The molecule has 4 nitrogen and oxygen atoms in total. The number of hydrogen-bond donors (Lipinski definition) is 0. The minimum atomic E-state index is -4.67. The van der Waals surface area contributed by atoms with Gasteiger partial charge in [-0.1, -0.05) is 35.0 Å². The van der Waals surface area contributed by atoms with Gasteiger partial charge in [0.15, 0.2) is 12.0 Å². The van der Waals surface area contributed by atoms with E-state index in [2.05, 4.69) is 5.10 Å². The van der Waals surface area contributed by atoms with Crippen molar-refractivity contribution in [1.29, 1.82) is 5.26 Å². The van der Waals surface area contributed by atoms with Gasteiger partial charge in [-0.3, -0.25) is 4.79 Å². The fourth-order valence-corrected chi connectivity index (χ4v) is 3.15. The first-order valence-corrected chi connectivity index (χ1v) is 7.72. The minimum absolute atomic E-state index is 0.0537. The van der Waals surface area contributed by atoms with Gasteiger partial charge in [0.25, 0.3) is 0 Å². The smallest absolute Gasteiger partial charge is 0.296 e. The van der Waals surface area contributed by atoms with Gasteiger partial charge in [0, 0.05) is 0 Å². The van der Waals surface area contributed by atoms with E-state index >= 15 is 0 Å². The predicted molar refractivity (Wildman–Crippen MR) is 80.5 cm³/mol. The fourth-order valence-electron chi connectivity index (χ4n) is 1.89. The summed E-state index contributed by atoms with van der Waals surface area (Å²) in [6.07, 6.45) is -4.38. The first-order valence-electron chi connectivity index (χ1n) is 5.98. The molecule has 126 valence electrons. The van der Waals surface area contributed by atoms with Gasteiger partial charge in [-0.05, 0) is 12.1 Å². The van der Waals surface area contributed by atoms with Crippen molar-refractivity contribution in [3.63, 3.8) is 0 Å². The van der Waals surface area contributed by atoms with E-state index < -0.39 is 27.8 Å². The Morgan fingerprint density at radius 1 is 1.33 bits per heavy atom. The van der Waals surface area contributed by atoms with Crippen molar-refractivity contribution in [2.75, 3.05) is 6.01 Å². The summed E-state index contributed by atoms with van der Waals surface area (Å²) in [7, 11) is 0. The summed E-state index contributed by atoms with van der Waals surface area (Å²) in [5, 5.41) is 12.0. The molecule has 0 amide bonds. The molecule has 2 rings (SSSR count). The Morgan fingerprint density at radius 3 is 2.33 bits per heavy atom. The number of hydrogen-bond acceptors (Lipinski definition) is 4.